The van der Waals surface area contributed by atoms with Gasteiger partial charge >= 0.3 is 6.09 Å². The molecule has 31 heavy (non-hydrogen) atoms. The maximum absolute atomic E-state index is 13.1. The molecule has 1 aliphatic carbocycles. The van der Waals surface area contributed by atoms with Gasteiger partial charge < -0.3 is 14.2 Å². The van der Waals surface area contributed by atoms with Crippen LogP contribution in [0.1, 0.15) is 51.4 Å². The third-order valence-electron chi connectivity index (χ3n) is 7.17. The molecule has 3 aliphatic rings. The van der Waals surface area contributed by atoms with Gasteiger partial charge in [-0.05, 0) is 49.8 Å². The summed E-state index contributed by atoms with van der Waals surface area (Å²) >= 11 is 6.27. The summed E-state index contributed by atoms with van der Waals surface area (Å²) in [6.45, 7) is 2.53. The smallest absolute Gasteiger partial charge is 0.414 e. The number of likely N-dealkylation sites (tertiary alicyclic amines) is 1. The Labute approximate surface area is 188 Å². The number of hydrogen-bond acceptors (Lipinski definition) is 3. The van der Waals surface area contributed by atoms with E-state index in [0.717, 1.165) is 42.5 Å². The number of ether oxygens (including phenoxy) is 1. The summed E-state index contributed by atoms with van der Waals surface area (Å²) in [6.07, 6.45) is 10.7. The maximum atomic E-state index is 13.1. The summed E-state index contributed by atoms with van der Waals surface area (Å²) in [6, 6.07) is 5.99. The number of fused-ring (bicyclic) bond motifs is 1. The van der Waals surface area contributed by atoms with Gasteiger partial charge in [0.2, 0.25) is 5.91 Å². The molecule has 166 valence electrons. The van der Waals surface area contributed by atoms with E-state index in [1.807, 2.05) is 24.4 Å². The molecule has 1 aromatic carbocycles. The zero-order valence-electron chi connectivity index (χ0n) is 17.9. The number of anilines is 1. The van der Waals surface area contributed by atoms with E-state index >= 15 is 0 Å². The Hall–Kier alpha value is -2.21. The number of aromatic nitrogens is 1. The predicted molar refractivity (Wildman–Crippen MR) is 122 cm³/mol. The highest BCUT2D eigenvalue weighted by Crippen LogP contribution is 2.35. The molecule has 2 aliphatic heterocycles. The van der Waals surface area contributed by atoms with E-state index in [9.17, 15) is 9.59 Å². The molecule has 2 amide bonds. The second-order valence-corrected chi connectivity index (χ2v) is 9.62. The van der Waals surface area contributed by atoms with Crippen LogP contribution < -0.4 is 4.90 Å². The van der Waals surface area contributed by atoms with E-state index in [1.165, 1.54) is 32.1 Å². The number of amides is 2. The highest BCUT2D eigenvalue weighted by Gasteiger charge is 2.32. The minimum absolute atomic E-state index is 0.195. The van der Waals surface area contributed by atoms with Gasteiger partial charge in [0, 0.05) is 42.2 Å². The van der Waals surface area contributed by atoms with Gasteiger partial charge in [-0.1, -0.05) is 30.9 Å². The van der Waals surface area contributed by atoms with Crippen molar-refractivity contribution in [2.24, 2.45) is 5.92 Å². The SMILES string of the molecule is O=C1OCCN1c1cn(C[C@@H]2CCCN2C(=O)CC2CCCCC2)c2ccc(Cl)cc12. The first kappa shape index (κ1) is 20.7. The van der Waals surface area contributed by atoms with Crippen LogP contribution in [0.25, 0.3) is 10.9 Å². The van der Waals surface area contributed by atoms with Crippen molar-refractivity contribution in [3.63, 3.8) is 0 Å². The summed E-state index contributed by atoms with van der Waals surface area (Å²) in [5.41, 5.74) is 1.86. The van der Waals surface area contributed by atoms with Crippen LogP contribution in [0.2, 0.25) is 5.02 Å². The molecular formula is C24H30ClN3O3. The molecule has 5 rings (SSSR count). The number of carbonyl (C=O) groups is 2. The van der Waals surface area contributed by atoms with Crippen molar-refractivity contribution in [3.8, 4) is 0 Å². The van der Waals surface area contributed by atoms with E-state index in [0.29, 0.717) is 36.4 Å². The molecular weight excluding hydrogens is 414 g/mol. The van der Waals surface area contributed by atoms with E-state index in [-0.39, 0.29) is 12.1 Å². The fourth-order valence-corrected chi connectivity index (χ4v) is 5.74. The first-order valence-corrected chi connectivity index (χ1v) is 12.0. The standard InChI is InChI=1S/C24H30ClN3O3/c25-18-8-9-21-20(14-18)22(28-11-12-31-24(28)30)16-26(21)15-19-7-4-10-27(19)23(29)13-17-5-2-1-3-6-17/h8-9,14,16-17,19H,1-7,10-13,15H2/t19-/m0/s1. The summed E-state index contributed by atoms with van der Waals surface area (Å²) < 4.78 is 7.34. The van der Waals surface area contributed by atoms with Crippen LogP contribution >= 0.6 is 11.6 Å². The Morgan fingerprint density at radius 1 is 1.10 bits per heavy atom. The lowest BCUT2D eigenvalue weighted by Crippen LogP contribution is -2.39. The molecule has 2 aromatic rings. The van der Waals surface area contributed by atoms with Crippen molar-refractivity contribution in [1.29, 1.82) is 0 Å². The second kappa shape index (κ2) is 8.73. The first-order valence-electron chi connectivity index (χ1n) is 11.6. The lowest BCUT2D eigenvalue weighted by atomic mass is 9.86. The maximum Gasteiger partial charge on any atom is 0.414 e. The zero-order valence-corrected chi connectivity index (χ0v) is 18.6. The molecule has 7 heteroatoms. The monoisotopic (exact) mass is 443 g/mol. The molecule has 0 spiro atoms. The van der Waals surface area contributed by atoms with Crippen molar-refractivity contribution in [2.45, 2.75) is 64.0 Å². The fraction of sp³-hybridized carbons (Fsp3) is 0.583. The number of rotatable bonds is 5. The van der Waals surface area contributed by atoms with Gasteiger partial charge in [-0.2, -0.15) is 0 Å². The molecule has 3 fully saturated rings. The molecule has 6 nitrogen and oxygen atoms in total. The lowest BCUT2D eigenvalue weighted by molar-refractivity contribution is -0.133. The van der Waals surface area contributed by atoms with Gasteiger partial charge in [0.15, 0.2) is 0 Å². The third kappa shape index (κ3) is 4.14. The van der Waals surface area contributed by atoms with Crippen molar-refractivity contribution in [3.05, 3.63) is 29.4 Å². The predicted octanol–water partition coefficient (Wildman–Crippen LogP) is 5.21. The van der Waals surface area contributed by atoms with Crippen molar-refractivity contribution in [1.82, 2.24) is 9.47 Å². The molecule has 0 N–H and O–H groups in total. The van der Waals surface area contributed by atoms with Crippen LogP contribution in [-0.4, -0.2) is 47.2 Å². The molecule has 3 heterocycles. The van der Waals surface area contributed by atoms with Gasteiger partial charge in [-0.25, -0.2) is 4.79 Å². The topological polar surface area (TPSA) is 54.8 Å². The molecule has 1 atom stereocenters. The molecule has 2 saturated heterocycles. The highest BCUT2D eigenvalue weighted by atomic mass is 35.5. The number of hydrogen-bond donors (Lipinski definition) is 0. The Bertz CT molecular complexity index is 982. The highest BCUT2D eigenvalue weighted by molar-refractivity contribution is 6.31. The van der Waals surface area contributed by atoms with Gasteiger partial charge in [0.05, 0.1) is 17.7 Å². The summed E-state index contributed by atoms with van der Waals surface area (Å²) in [7, 11) is 0. The van der Waals surface area contributed by atoms with Crippen LogP contribution in [0.3, 0.4) is 0 Å². The lowest BCUT2D eigenvalue weighted by Gasteiger charge is -2.28. The number of cyclic esters (lactones) is 1. The number of benzene rings is 1. The van der Waals surface area contributed by atoms with Gasteiger partial charge in [-0.3, -0.25) is 9.69 Å². The van der Waals surface area contributed by atoms with Crippen LogP contribution in [-0.2, 0) is 16.1 Å². The fourth-order valence-electron chi connectivity index (χ4n) is 5.57. The number of halogens is 1. The quantitative estimate of drug-likeness (QED) is 0.637. The second-order valence-electron chi connectivity index (χ2n) is 9.19. The van der Waals surface area contributed by atoms with Crippen LogP contribution in [0.5, 0.6) is 0 Å². The van der Waals surface area contributed by atoms with E-state index < -0.39 is 0 Å². The van der Waals surface area contributed by atoms with Crippen molar-refractivity contribution in [2.75, 3.05) is 24.6 Å². The minimum atomic E-state index is -0.316. The van der Waals surface area contributed by atoms with Crippen LogP contribution in [0.4, 0.5) is 10.5 Å². The molecule has 0 radical (unpaired) electrons. The van der Waals surface area contributed by atoms with Crippen molar-refractivity contribution < 1.29 is 14.3 Å². The molecule has 0 bridgehead atoms. The average molecular weight is 444 g/mol. The zero-order chi connectivity index (χ0) is 21.4. The van der Waals surface area contributed by atoms with E-state index in [1.54, 1.807) is 4.90 Å². The van der Waals surface area contributed by atoms with Crippen LogP contribution in [0.15, 0.2) is 24.4 Å². The van der Waals surface area contributed by atoms with Gasteiger partial charge in [0.1, 0.15) is 6.61 Å². The molecule has 1 aromatic heterocycles. The average Bonchev–Trinajstić information content (AvgIpc) is 3.48. The normalized spacial score (nSPS) is 22.5. The summed E-state index contributed by atoms with van der Waals surface area (Å²) in [5, 5.41) is 1.59. The summed E-state index contributed by atoms with van der Waals surface area (Å²) in [5.74, 6) is 0.877. The van der Waals surface area contributed by atoms with Crippen molar-refractivity contribution >= 4 is 40.2 Å². The first-order chi connectivity index (χ1) is 15.1. The van der Waals surface area contributed by atoms with E-state index in [2.05, 4.69) is 9.47 Å². The summed E-state index contributed by atoms with van der Waals surface area (Å²) in [4.78, 5) is 29.1. The Morgan fingerprint density at radius 3 is 2.71 bits per heavy atom. The van der Waals surface area contributed by atoms with Gasteiger partial charge in [0.25, 0.3) is 0 Å². The van der Waals surface area contributed by atoms with Crippen LogP contribution in [0, 0.1) is 5.92 Å². The van der Waals surface area contributed by atoms with E-state index in [4.69, 9.17) is 16.3 Å². The Kier molecular flexibility index (Phi) is 5.83. The third-order valence-corrected chi connectivity index (χ3v) is 7.40. The largest absolute Gasteiger partial charge is 0.447 e. The number of nitrogens with zero attached hydrogens (tertiary/aromatic N) is 3. The molecule has 1 saturated carbocycles. The molecule has 0 unspecified atom stereocenters. The number of carbonyl (C=O) groups excluding carboxylic acids is 2. The Balaban J connectivity index is 1.38. The Morgan fingerprint density at radius 2 is 1.94 bits per heavy atom. The minimum Gasteiger partial charge on any atom is -0.447 e. The van der Waals surface area contributed by atoms with Gasteiger partial charge in [-0.15, -0.1) is 0 Å².